The number of unbranched alkanes of at least 4 members (excludes halogenated alkanes) is 1. The van der Waals surface area contributed by atoms with E-state index < -0.39 is 0 Å². The monoisotopic (exact) mass is 326 g/mol. The van der Waals surface area contributed by atoms with Gasteiger partial charge in [0.25, 0.3) is 0 Å². The van der Waals surface area contributed by atoms with E-state index in [9.17, 15) is 0 Å². The van der Waals surface area contributed by atoms with Crippen molar-refractivity contribution in [3.05, 3.63) is 22.3 Å². The van der Waals surface area contributed by atoms with Gasteiger partial charge in [0, 0.05) is 0 Å². The smallest absolute Gasteiger partial charge is 0.0756 e. The van der Waals surface area contributed by atoms with Crippen molar-refractivity contribution in [2.24, 2.45) is 16.7 Å². The predicted molar refractivity (Wildman–Crippen MR) is 109 cm³/mol. The van der Waals surface area contributed by atoms with Crippen LogP contribution in [0.4, 0.5) is 0 Å². The Kier molecular flexibility index (Phi) is 4.63. The molecule has 3 aliphatic rings. The summed E-state index contributed by atoms with van der Waals surface area (Å²) in [6.07, 6.45) is 12.3. The molecular weight excluding hydrogens is 287 g/mol. The van der Waals surface area contributed by atoms with E-state index in [0.717, 1.165) is 5.92 Å². The molecule has 1 saturated carbocycles. The fourth-order valence-electron chi connectivity index (χ4n) is 6.64. The molecule has 134 valence electrons. The third-order valence-electron chi connectivity index (χ3n) is 7.93. The third-order valence-corrected chi connectivity index (χ3v) is 7.93. The van der Waals surface area contributed by atoms with Crippen molar-refractivity contribution in [1.29, 1.82) is 0 Å². The van der Waals surface area contributed by atoms with Crippen LogP contribution in [0, 0.1) is 16.7 Å². The van der Waals surface area contributed by atoms with E-state index in [-0.39, 0.29) is 0 Å². The molecule has 3 unspecified atom stereocenters. The minimum atomic E-state index is 0.403. The van der Waals surface area contributed by atoms with E-state index >= 15 is 0 Å². The number of hydrogen-bond donors (Lipinski definition) is 0. The Bertz CT molecular complexity index is 575. The Morgan fingerprint density at radius 3 is 2.42 bits per heavy atom. The van der Waals surface area contributed by atoms with Crippen LogP contribution in [0.3, 0.4) is 0 Å². The van der Waals surface area contributed by atoms with E-state index in [0.29, 0.717) is 16.1 Å². The average molecular weight is 326 g/mol. The van der Waals surface area contributed by atoms with E-state index in [2.05, 4.69) is 49.4 Å². The number of hydrogen-bond acceptors (Lipinski definition) is 0. The zero-order chi connectivity index (χ0) is 17.8. The van der Waals surface area contributed by atoms with Crippen molar-refractivity contribution in [2.45, 2.75) is 105 Å². The molecule has 0 aromatic heterocycles. The highest BCUT2D eigenvalue weighted by Crippen LogP contribution is 2.71. The lowest BCUT2D eigenvalue weighted by atomic mass is 9.47. The van der Waals surface area contributed by atoms with Crippen molar-refractivity contribution in [3.63, 3.8) is 0 Å². The van der Waals surface area contributed by atoms with Gasteiger partial charge in [-0.05, 0) is 73.9 Å². The van der Waals surface area contributed by atoms with Crippen molar-refractivity contribution >= 4 is 7.85 Å². The van der Waals surface area contributed by atoms with Crippen molar-refractivity contribution in [3.8, 4) is 0 Å². The Morgan fingerprint density at radius 2 is 1.79 bits per heavy atom. The topological polar surface area (TPSA) is 0 Å². The summed E-state index contributed by atoms with van der Waals surface area (Å²) in [4.78, 5) is 0. The predicted octanol–water partition coefficient (Wildman–Crippen LogP) is 6.63. The number of fused-ring (bicyclic) bond motifs is 1. The van der Waals surface area contributed by atoms with Gasteiger partial charge in [0.15, 0.2) is 0 Å². The van der Waals surface area contributed by atoms with Crippen LogP contribution in [0.2, 0.25) is 5.31 Å². The lowest BCUT2D eigenvalue weighted by molar-refractivity contribution is 0.143. The van der Waals surface area contributed by atoms with Crippen LogP contribution in [0.1, 0.15) is 99.3 Å². The minimum Gasteiger partial charge on any atom is -0.0756 e. The first-order chi connectivity index (χ1) is 11.2. The highest BCUT2D eigenvalue weighted by Gasteiger charge is 2.58. The highest BCUT2D eigenvalue weighted by molar-refractivity contribution is 6.17. The average Bonchev–Trinajstić information content (AvgIpc) is 2.72. The highest BCUT2D eigenvalue weighted by atomic mass is 14.6. The molecular formula is C23H39B. The molecule has 1 heteroatoms. The summed E-state index contributed by atoms with van der Waals surface area (Å²) in [5.74, 6) is 0.898. The van der Waals surface area contributed by atoms with Gasteiger partial charge in [-0.15, -0.1) is 0 Å². The summed E-state index contributed by atoms with van der Waals surface area (Å²) >= 11 is 0. The second-order valence-electron chi connectivity index (χ2n) is 10.4. The zero-order valence-corrected chi connectivity index (χ0v) is 17.4. The Labute approximate surface area is 152 Å². The number of allylic oxidation sites excluding steroid dienone is 4. The molecule has 3 aliphatic carbocycles. The molecule has 3 atom stereocenters. The second kappa shape index (κ2) is 6.06. The largest absolute Gasteiger partial charge is 0.114 e. The van der Waals surface area contributed by atoms with Gasteiger partial charge < -0.3 is 0 Å². The van der Waals surface area contributed by atoms with E-state index in [1.807, 2.05) is 16.7 Å². The molecule has 2 bridgehead atoms. The van der Waals surface area contributed by atoms with Crippen LogP contribution < -0.4 is 0 Å². The van der Waals surface area contributed by atoms with Crippen LogP contribution in [-0.2, 0) is 0 Å². The van der Waals surface area contributed by atoms with Gasteiger partial charge in [-0.2, -0.15) is 0 Å². The van der Waals surface area contributed by atoms with Crippen molar-refractivity contribution < 1.29 is 0 Å². The summed E-state index contributed by atoms with van der Waals surface area (Å²) in [5, 5.41) is 0.403. The molecule has 0 aliphatic heterocycles. The Balaban J connectivity index is 2.11. The summed E-state index contributed by atoms with van der Waals surface area (Å²) in [6.45, 7) is 14.8. The van der Waals surface area contributed by atoms with E-state index in [4.69, 9.17) is 0 Å². The summed E-state index contributed by atoms with van der Waals surface area (Å²) in [6, 6.07) is 0. The fourth-order valence-corrected chi connectivity index (χ4v) is 6.64. The molecule has 0 aromatic rings. The first kappa shape index (κ1) is 18.3. The maximum Gasteiger partial charge on any atom is 0.114 e. The molecule has 0 nitrogen and oxygen atoms in total. The van der Waals surface area contributed by atoms with Gasteiger partial charge in [0.05, 0.1) is 0 Å². The van der Waals surface area contributed by atoms with Crippen LogP contribution in [0.25, 0.3) is 0 Å². The molecule has 0 amide bonds. The van der Waals surface area contributed by atoms with Gasteiger partial charge in [0.1, 0.15) is 7.85 Å². The standard InChI is InChI=1S/C23H39B/c1-7-9-11-19-16(3)22(6,24)13-18-12-17(10-8-2)20-14-23(18,19)15-21(20,4)5/h18H,7-15,24H2,1-6H3. The van der Waals surface area contributed by atoms with Gasteiger partial charge in [-0.1, -0.05) is 69.8 Å². The normalized spacial score (nSPS) is 37.8. The maximum absolute atomic E-state index is 2.54. The molecule has 1 fully saturated rings. The Hall–Kier alpha value is -0.455. The van der Waals surface area contributed by atoms with Crippen LogP contribution in [-0.4, -0.2) is 7.85 Å². The number of rotatable bonds is 5. The lowest BCUT2D eigenvalue weighted by Gasteiger charge is -2.52. The van der Waals surface area contributed by atoms with Crippen molar-refractivity contribution in [2.75, 3.05) is 0 Å². The molecule has 0 heterocycles. The molecule has 1 spiro atoms. The van der Waals surface area contributed by atoms with Crippen molar-refractivity contribution in [1.82, 2.24) is 0 Å². The van der Waals surface area contributed by atoms with Crippen LogP contribution in [0.15, 0.2) is 22.3 Å². The Morgan fingerprint density at radius 1 is 1.08 bits per heavy atom. The van der Waals surface area contributed by atoms with Gasteiger partial charge in [0.2, 0.25) is 0 Å². The molecule has 0 saturated heterocycles. The van der Waals surface area contributed by atoms with E-state index in [1.54, 1.807) is 5.57 Å². The maximum atomic E-state index is 2.54. The van der Waals surface area contributed by atoms with E-state index in [1.165, 1.54) is 57.8 Å². The molecule has 3 rings (SSSR count). The minimum absolute atomic E-state index is 0.403. The summed E-state index contributed by atoms with van der Waals surface area (Å²) in [7, 11) is 2.51. The third kappa shape index (κ3) is 2.65. The molecule has 24 heavy (non-hydrogen) atoms. The van der Waals surface area contributed by atoms with Crippen LogP contribution >= 0.6 is 0 Å². The molecule has 0 N–H and O–H groups in total. The fraction of sp³-hybridized carbons (Fsp3) is 0.826. The van der Waals surface area contributed by atoms with Crippen LogP contribution in [0.5, 0.6) is 0 Å². The van der Waals surface area contributed by atoms with Gasteiger partial charge >= 0.3 is 0 Å². The summed E-state index contributed by atoms with van der Waals surface area (Å²) in [5.41, 5.74) is 8.31. The quantitative estimate of drug-likeness (QED) is 0.393. The SMILES string of the molecule is BC1(C)CC2CC(CCC)=C3CC2(CC3(C)C)C(CCCC)=C1C. The van der Waals surface area contributed by atoms with Gasteiger partial charge in [-0.3, -0.25) is 0 Å². The first-order valence-corrected chi connectivity index (χ1v) is 10.6. The molecule has 0 radical (unpaired) electrons. The lowest BCUT2D eigenvalue weighted by Crippen LogP contribution is -2.40. The zero-order valence-electron chi connectivity index (χ0n) is 17.4. The second-order valence-corrected chi connectivity index (χ2v) is 10.4. The summed E-state index contributed by atoms with van der Waals surface area (Å²) < 4.78 is 0. The van der Waals surface area contributed by atoms with Gasteiger partial charge in [-0.25, -0.2) is 0 Å². The first-order valence-electron chi connectivity index (χ1n) is 10.6. The molecule has 0 aromatic carbocycles.